The maximum absolute atomic E-state index is 11.5. The summed E-state index contributed by atoms with van der Waals surface area (Å²) in [6, 6.07) is 0. The summed E-state index contributed by atoms with van der Waals surface area (Å²) in [6.07, 6.45) is 0. The molecule has 1 rings (SSSR count). The van der Waals surface area contributed by atoms with Crippen LogP contribution in [0.25, 0.3) is 0 Å². The number of ketones is 1. The molecule has 2 N–H and O–H groups in total. The van der Waals surface area contributed by atoms with Crippen LogP contribution in [0, 0.1) is 12.3 Å². The van der Waals surface area contributed by atoms with Crippen molar-refractivity contribution in [2.24, 2.45) is 0 Å². The zero-order valence-corrected chi connectivity index (χ0v) is 11.5. The molecule has 0 bridgehead atoms. The van der Waals surface area contributed by atoms with Gasteiger partial charge in [-0.25, -0.2) is 9.78 Å². The first kappa shape index (κ1) is 15.0. The van der Waals surface area contributed by atoms with Gasteiger partial charge in [-0.15, -0.1) is 0 Å². The van der Waals surface area contributed by atoms with E-state index < -0.39 is 23.4 Å². The standard InChI is InChI=1S/C11H13N3O4S/c1-4-18-10(17)8-5(2)13-11(19-8)14-9(16)7(12)6(3)15/h12H,4H2,1-3H3,(H,13,14,16). The molecule has 0 aromatic carbocycles. The minimum absolute atomic E-state index is 0.150. The SMILES string of the molecule is CCOC(=O)c1sc(NC(=O)C(=N)C(C)=O)nc1C. The molecule has 0 atom stereocenters. The number of aryl methyl sites for hydroxylation is 1. The van der Waals surface area contributed by atoms with Crippen LogP contribution in [0.1, 0.15) is 29.2 Å². The summed E-state index contributed by atoms with van der Waals surface area (Å²) in [5, 5.41) is 9.68. The fourth-order valence-corrected chi connectivity index (χ4v) is 2.01. The number of esters is 1. The minimum atomic E-state index is -0.850. The first-order valence-electron chi connectivity index (χ1n) is 5.42. The highest BCUT2D eigenvalue weighted by Gasteiger charge is 2.20. The van der Waals surface area contributed by atoms with Crippen molar-refractivity contribution < 1.29 is 19.1 Å². The van der Waals surface area contributed by atoms with Crippen LogP contribution in [-0.4, -0.2) is 35.0 Å². The Balaban J connectivity index is 2.85. The van der Waals surface area contributed by atoms with E-state index in [9.17, 15) is 14.4 Å². The Morgan fingerprint density at radius 2 is 2.05 bits per heavy atom. The molecule has 0 saturated carbocycles. The number of thiazole rings is 1. The van der Waals surface area contributed by atoms with Crippen molar-refractivity contribution in [2.75, 3.05) is 11.9 Å². The molecule has 7 nitrogen and oxygen atoms in total. The van der Waals surface area contributed by atoms with Gasteiger partial charge in [0.2, 0.25) is 0 Å². The second-order valence-electron chi connectivity index (χ2n) is 3.54. The van der Waals surface area contributed by atoms with Gasteiger partial charge in [0.05, 0.1) is 12.3 Å². The Morgan fingerprint density at radius 3 is 2.58 bits per heavy atom. The molecule has 0 spiro atoms. The van der Waals surface area contributed by atoms with E-state index in [4.69, 9.17) is 10.1 Å². The first-order chi connectivity index (χ1) is 8.86. The molecule has 0 aliphatic rings. The van der Waals surface area contributed by atoms with Gasteiger partial charge in [-0.1, -0.05) is 11.3 Å². The quantitative estimate of drug-likeness (QED) is 0.479. The summed E-state index contributed by atoms with van der Waals surface area (Å²) in [5.74, 6) is -2.01. The summed E-state index contributed by atoms with van der Waals surface area (Å²) >= 11 is 0.939. The molecule has 0 aliphatic heterocycles. The van der Waals surface area contributed by atoms with E-state index in [0.29, 0.717) is 5.69 Å². The molecule has 1 heterocycles. The second-order valence-corrected chi connectivity index (χ2v) is 4.54. The number of rotatable bonds is 5. The van der Waals surface area contributed by atoms with Crippen molar-refractivity contribution in [1.82, 2.24) is 4.98 Å². The highest BCUT2D eigenvalue weighted by Crippen LogP contribution is 2.23. The van der Waals surface area contributed by atoms with Gasteiger partial charge in [-0.3, -0.25) is 20.3 Å². The summed E-state index contributed by atoms with van der Waals surface area (Å²) in [5.41, 5.74) is -0.237. The molecule has 102 valence electrons. The number of hydrogen-bond donors (Lipinski definition) is 2. The van der Waals surface area contributed by atoms with Gasteiger partial charge in [-0.2, -0.15) is 0 Å². The zero-order chi connectivity index (χ0) is 14.6. The van der Waals surface area contributed by atoms with Gasteiger partial charge < -0.3 is 4.74 Å². The van der Waals surface area contributed by atoms with Crippen LogP contribution in [0.2, 0.25) is 0 Å². The van der Waals surface area contributed by atoms with E-state index in [0.717, 1.165) is 18.3 Å². The van der Waals surface area contributed by atoms with E-state index in [2.05, 4.69) is 10.3 Å². The molecule has 1 amide bonds. The van der Waals surface area contributed by atoms with Gasteiger partial charge in [0.25, 0.3) is 5.91 Å². The molecule has 0 radical (unpaired) electrons. The lowest BCUT2D eigenvalue weighted by Crippen LogP contribution is -2.27. The van der Waals surface area contributed by atoms with E-state index in [1.54, 1.807) is 13.8 Å². The first-order valence-corrected chi connectivity index (χ1v) is 6.23. The number of carbonyl (C=O) groups excluding carboxylic acids is 3. The fraction of sp³-hybridized carbons (Fsp3) is 0.364. The Kier molecular flexibility index (Phi) is 4.87. The molecule has 0 unspecified atom stereocenters. The van der Waals surface area contributed by atoms with Crippen LogP contribution in [0.5, 0.6) is 0 Å². The van der Waals surface area contributed by atoms with Crippen LogP contribution < -0.4 is 5.32 Å². The molecular formula is C11H13N3O4S. The molecule has 8 heteroatoms. The van der Waals surface area contributed by atoms with Crippen LogP contribution in [0.15, 0.2) is 0 Å². The Bertz CT molecular complexity index is 550. The van der Waals surface area contributed by atoms with Gasteiger partial charge in [-0.05, 0) is 13.8 Å². The summed E-state index contributed by atoms with van der Waals surface area (Å²) in [4.78, 5) is 38.1. The zero-order valence-electron chi connectivity index (χ0n) is 10.7. The van der Waals surface area contributed by atoms with E-state index in [1.165, 1.54) is 0 Å². The summed E-state index contributed by atoms with van der Waals surface area (Å²) in [7, 11) is 0. The smallest absolute Gasteiger partial charge is 0.350 e. The third kappa shape index (κ3) is 3.68. The molecular weight excluding hydrogens is 270 g/mol. The second kappa shape index (κ2) is 6.19. The van der Waals surface area contributed by atoms with Crippen molar-refractivity contribution in [1.29, 1.82) is 5.41 Å². The predicted octanol–water partition coefficient (Wildman–Crippen LogP) is 1.18. The lowest BCUT2D eigenvalue weighted by Gasteiger charge is -1.99. The Labute approximate surface area is 113 Å². The number of aromatic nitrogens is 1. The summed E-state index contributed by atoms with van der Waals surface area (Å²) in [6.45, 7) is 4.66. The van der Waals surface area contributed by atoms with Crippen molar-refractivity contribution >= 4 is 39.8 Å². The number of nitrogens with one attached hydrogen (secondary N) is 2. The van der Waals surface area contributed by atoms with Crippen molar-refractivity contribution in [3.05, 3.63) is 10.6 Å². The number of ether oxygens (including phenoxy) is 1. The number of anilines is 1. The van der Waals surface area contributed by atoms with Gasteiger partial charge >= 0.3 is 5.97 Å². The highest BCUT2D eigenvalue weighted by molar-refractivity contribution is 7.17. The molecule has 19 heavy (non-hydrogen) atoms. The molecule has 0 fully saturated rings. The Morgan fingerprint density at radius 1 is 1.42 bits per heavy atom. The minimum Gasteiger partial charge on any atom is -0.462 e. The van der Waals surface area contributed by atoms with Gasteiger partial charge in [0, 0.05) is 6.92 Å². The monoisotopic (exact) mass is 283 g/mol. The molecule has 1 aromatic heterocycles. The Hall–Kier alpha value is -2.09. The molecule has 0 saturated heterocycles. The molecule has 1 aromatic rings. The average Bonchev–Trinajstić information content (AvgIpc) is 2.69. The average molecular weight is 283 g/mol. The van der Waals surface area contributed by atoms with E-state index >= 15 is 0 Å². The largest absolute Gasteiger partial charge is 0.462 e. The third-order valence-electron chi connectivity index (χ3n) is 2.06. The van der Waals surface area contributed by atoms with E-state index in [-0.39, 0.29) is 16.6 Å². The van der Waals surface area contributed by atoms with Crippen LogP contribution in [0.4, 0.5) is 5.13 Å². The van der Waals surface area contributed by atoms with E-state index in [1.807, 2.05) is 0 Å². The van der Waals surface area contributed by atoms with Crippen molar-refractivity contribution in [3.63, 3.8) is 0 Å². The maximum Gasteiger partial charge on any atom is 0.350 e. The number of amides is 1. The van der Waals surface area contributed by atoms with Crippen LogP contribution in [-0.2, 0) is 14.3 Å². The number of hydrogen-bond acceptors (Lipinski definition) is 7. The normalized spacial score (nSPS) is 9.84. The maximum atomic E-state index is 11.5. The predicted molar refractivity (Wildman–Crippen MR) is 69.8 cm³/mol. The summed E-state index contributed by atoms with van der Waals surface area (Å²) < 4.78 is 4.84. The highest BCUT2D eigenvalue weighted by atomic mass is 32.1. The van der Waals surface area contributed by atoms with Crippen molar-refractivity contribution in [3.8, 4) is 0 Å². The van der Waals surface area contributed by atoms with Crippen LogP contribution in [0.3, 0.4) is 0 Å². The van der Waals surface area contributed by atoms with Crippen LogP contribution >= 0.6 is 11.3 Å². The van der Waals surface area contributed by atoms with Crippen molar-refractivity contribution in [2.45, 2.75) is 20.8 Å². The topological polar surface area (TPSA) is 109 Å². The fourth-order valence-electron chi connectivity index (χ4n) is 1.16. The lowest BCUT2D eigenvalue weighted by atomic mass is 10.2. The number of Topliss-reactive ketones (excluding diaryl/α,β-unsaturated/α-hetero) is 1. The third-order valence-corrected chi connectivity index (χ3v) is 3.11. The van der Waals surface area contributed by atoms with Gasteiger partial charge in [0.15, 0.2) is 16.6 Å². The lowest BCUT2D eigenvalue weighted by molar-refractivity contribution is -0.114. The number of carbonyl (C=O) groups is 3. The van der Waals surface area contributed by atoms with Gasteiger partial charge in [0.1, 0.15) is 4.88 Å². The molecule has 0 aliphatic carbocycles. The number of nitrogens with zero attached hydrogens (tertiary/aromatic N) is 1.